The summed E-state index contributed by atoms with van der Waals surface area (Å²) in [6.45, 7) is 11.6. The molecule has 0 amide bonds. The summed E-state index contributed by atoms with van der Waals surface area (Å²) in [5.74, 6) is 0.833. The minimum atomic E-state index is 0.427. The van der Waals surface area contributed by atoms with Gasteiger partial charge in [0, 0.05) is 45.0 Å². The lowest BCUT2D eigenvalue weighted by Gasteiger charge is -2.41. The Hall–Kier alpha value is -0.970. The molecule has 3 rings (SSSR count). The van der Waals surface area contributed by atoms with Gasteiger partial charge in [-0.05, 0) is 44.4 Å². The predicted molar refractivity (Wildman–Crippen MR) is 90.9 cm³/mol. The van der Waals surface area contributed by atoms with Crippen LogP contribution >= 0.6 is 0 Å². The number of pyridine rings is 1. The van der Waals surface area contributed by atoms with Gasteiger partial charge in [-0.1, -0.05) is 13.0 Å². The van der Waals surface area contributed by atoms with Crippen LogP contribution in [0.15, 0.2) is 24.4 Å². The fourth-order valence-corrected chi connectivity index (χ4v) is 3.91. The molecule has 0 radical (unpaired) electrons. The molecule has 0 aliphatic carbocycles. The molecule has 22 heavy (non-hydrogen) atoms. The van der Waals surface area contributed by atoms with E-state index in [2.05, 4.69) is 46.1 Å². The number of likely N-dealkylation sites (tertiary alicyclic amines) is 1. The van der Waals surface area contributed by atoms with Crippen LogP contribution in [-0.2, 0) is 0 Å². The van der Waals surface area contributed by atoms with Gasteiger partial charge < -0.3 is 10.2 Å². The molecule has 1 aromatic rings. The lowest BCUT2D eigenvalue weighted by atomic mass is 9.99. The largest absolute Gasteiger partial charge is 0.312 e. The highest BCUT2D eigenvalue weighted by Gasteiger charge is 2.28. The maximum absolute atomic E-state index is 4.68. The molecule has 0 saturated carbocycles. The second-order valence-electron chi connectivity index (χ2n) is 7.13. The van der Waals surface area contributed by atoms with Crippen LogP contribution in [0.3, 0.4) is 0 Å². The number of hydrogen-bond donors (Lipinski definition) is 1. The predicted octanol–water partition coefficient (Wildman–Crippen LogP) is 2.15. The van der Waals surface area contributed by atoms with E-state index >= 15 is 0 Å². The van der Waals surface area contributed by atoms with Gasteiger partial charge in [0.25, 0.3) is 0 Å². The maximum atomic E-state index is 4.68. The summed E-state index contributed by atoms with van der Waals surface area (Å²) in [5.41, 5.74) is 1.23. The van der Waals surface area contributed by atoms with Crippen LogP contribution in [0.1, 0.15) is 38.4 Å². The molecule has 3 heterocycles. The van der Waals surface area contributed by atoms with E-state index in [1.54, 1.807) is 0 Å². The second kappa shape index (κ2) is 7.53. The smallest absolute Gasteiger partial charge is 0.0650 e. The fourth-order valence-electron chi connectivity index (χ4n) is 3.91. The highest BCUT2D eigenvalue weighted by Crippen LogP contribution is 2.24. The monoisotopic (exact) mass is 302 g/mol. The van der Waals surface area contributed by atoms with Gasteiger partial charge in [-0.15, -0.1) is 0 Å². The van der Waals surface area contributed by atoms with Crippen LogP contribution in [0.25, 0.3) is 0 Å². The highest BCUT2D eigenvalue weighted by atomic mass is 15.3. The third-order valence-corrected chi connectivity index (χ3v) is 5.04. The average Bonchev–Trinajstić information content (AvgIpc) is 2.53. The SMILES string of the molecule is CC1CCCN(CC(c2ccccn2)N2CCNC(C)C2)C1. The van der Waals surface area contributed by atoms with Crippen LogP contribution in [0, 0.1) is 5.92 Å². The van der Waals surface area contributed by atoms with Crippen LogP contribution in [0.2, 0.25) is 0 Å². The van der Waals surface area contributed by atoms with Crippen LogP contribution in [-0.4, -0.2) is 60.1 Å². The summed E-state index contributed by atoms with van der Waals surface area (Å²) in [5, 5.41) is 3.55. The summed E-state index contributed by atoms with van der Waals surface area (Å²) in [7, 11) is 0. The Labute approximate surface area is 134 Å². The third-order valence-electron chi connectivity index (χ3n) is 5.04. The topological polar surface area (TPSA) is 31.4 Å². The first-order valence-corrected chi connectivity index (χ1v) is 8.83. The van der Waals surface area contributed by atoms with E-state index in [1.807, 2.05) is 12.3 Å². The van der Waals surface area contributed by atoms with Crippen molar-refractivity contribution in [1.82, 2.24) is 20.1 Å². The molecule has 2 aliphatic rings. The van der Waals surface area contributed by atoms with Crippen molar-refractivity contribution in [3.63, 3.8) is 0 Å². The second-order valence-corrected chi connectivity index (χ2v) is 7.13. The highest BCUT2D eigenvalue weighted by molar-refractivity contribution is 5.10. The normalized spacial score (nSPS) is 29.4. The van der Waals surface area contributed by atoms with E-state index in [0.717, 1.165) is 32.1 Å². The summed E-state index contributed by atoms with van der Waals surface area (Å²) in [6, 6.07) is 7.34. The van der Waals surface area contributed by atoms with Crippen molar-refractivity contribution >= 4 is 0 Å². The molecule has 3 unspecified atom stereocenters. The van der Waals surface area contributed by atoms with Gasteiger partial charge in [-0.25, -0.2) is 0 Å². The summed E-state index contributed by atoms with van der Waals surface area (Å²) >= 11 is 0. The van der Waals surface area contributed by atoms with Gasteiger partial charge in [0.05, 0.1) is 11.7 Å². The molecule has 0 bridgehead atoms. The van der Waals surface area contributed by atoms with Crippen LogP contribution in [0.5, 0.6) is 0 Å². The number of piperazine rings is 1. The average molecular weight is 302 g/mol. The van der Waals surface area contributed by atoms with E-state index in [1.165, 1.54) is 31.6 Å². The summed E-state index contributed by atoms with van der Waals surface area (Å²) < 4.78 is 0. The van der Waals surface area contributed by atoms with Gasteiger partial charge in [0.1, 0.15) is 0 Å². The Balaban J connectivity index is 1.74. The van der Waals surface area contributed by atoms with E-state index in [0.29, 0.717) is 12.1 Å². The zero-order chi connectivity index (χ0) is 15.4. The summed E-state index contributed by atoms with van der Waals surface area (Å²) in [6.07, 6.45) is 4.66. The van der Waals surface area contributed by atoms with Crippen molar-refractivity contribution in [3.05, 3.63) is 30.1 Å². The molecule has 3 atom stereocenters. The Bertz CT molecular complexity index is 450. The van der Waals surface area contributed by atoms with E-state index in [9.17, 15) is 0 Å². The molecule has 2 saturated heterocycles. The molecule has 1 aromatic heterocycles. The number of nitrogens with zero attached hydrogens (tertiary/aromatic N) is 3. The number of nitrogens with one attached hydrogen (secondary N) is 1. The molecule has 0 spiro atoms. The van der Waals surface area contributed by atoms with Gasteiger partial charge >= 0.3 is 0 Å². The molecular formula is C18H30N4. The Kier molecular flexibility index (Phi) is 5.45. The van der Waals surface area contributed by atoms with Gasteiger partial charge in [0.2, 0.25) is 0 Å². The van der Waals surface area contributed by atoms with Crippen LogP contribution < -0.4 is 5.32 Å². The molecule has 122 valence electrons. The van der Waals surface area contributed by atoms with Crippen molar-refractivity contribution in [3.8, 4) is 0 Å². The number of rotatable bonds is 4. The minimum absolute atomic E-state index is 0.427. The zero-order valence-electron chi connectivity index (χ0n) is 14.0. The van der Waals surface area contributed by atoms with Crippen molar-refractivity contribution in [2.45, 2.75) is 38.8 Å². The molecule has 2 aliphatic heterocycles. The van der Waals surface area contributed by atoms with Gasteiger partial charge in [-0.3, -0.25) is 9.88 Å². The molecule has 1 N–H and O–H groups in total. The van der Waals surface area contributed by atoms with E-state index in [4.69, 9.17) is 0 Å². The lowest BCUT2D eigenvalue weighted by molar-refractivity contribution is 0.0875. The van der Waals surface area contributed by atoms with Gasteiger partial charge in [0.15, 0.2) is 0 Å². The van der Waals surface area contributed by atoms with Crippen molar-refractivity contribution in [2.75, 3.05) is 39.3 Å². The van der Waals surface area contributed by atoms with E-state index in [-0.39, 0.29) is 0 Å². The first-order valence-electron chi connectivity index (χ1n) is 8.83. The molecule has 4 heteroatoms. The first-order chi connectivity index (χ1) is 10.7. The molecule has 2 fully saturated rings. The molecular weight excluding hydrogens is 272 g/mol. The molecule has 0 aromatic carbocycles. The van der Waals surface area contributed by atoms with Gasteiger partial charge in [-0.2, -0.15) is 0 Å². The maximum Gasteiger partial charge on any atom is 0.0650 e. The number of aromatic nitrogens is 1. The van der Waals surface area contributed by atoms with Crippen molar-refractivity contribution in [2.24, 2.45) is 5.92 Å². The van der Waals surface area contributed by atoms with E-state index < -0.39 is 0 Å². The third kappa shape index (κ3) is 4.06. The lowest BCUT2D eigenvalue weighted by Crippen LogP contribution is -2.52. The first kappa shape index (κ1) is 15.9. The standard InChI is InChI=1S/C18H30N4/c1-15-6-5-10-21(12-15)14-18(17-7-3-4-8-20-17)22-11-9-19-16(2)13-22/h3-4,7-8,15-16,18-19H,5-6,9-14H2,1-2H3. The Morgan fingerprint density at radius 1 is 1.27 bits per heavy atom. The minimum Gasteiger partial charge on any atom is -0.312 e. The van der Waals surface area contributed by atoms with Crippen molar-refractivity contribution in [1.29, 1.82) is 0 Å². The quantitative estimate of drug-likeness (QED) is 0.923. The fraction of sp³-hybridized carbons (Fsp3) is 0.722. The molecule has 4 nitrogen and oxygen atoms in total. The Morgan fingerprint density at radius 3 is 2.91 bits per heavy atom. The number of hydrogen-bond acceptors (Lipinski definition) is 4. The van der Waals surface area contributed by atoms with Crippen molar-refractivity contribution < 1.29 is 0 Å². The summed E-state index contributed by atoms with van der Waals surface area (Å²) in [4.78, 5) is 9.96. The Morgan fingerprint density at radius 2 is 2.18 bits per heavy atom. The number of piperidine rings is 1. The van der Waals surface area contributed by atoms with Crippen LogP contribution in [0.4, 0.5) is 0 Å². The zero-order valence-corrected chi connectivity index (χ0v) is 14.0.